The van der Waals surface area contributed by atoms with Gasteiger partial charge in [-0.2, -0.15) is 5.10 Å². The van der Waals surface area contributed by atoms with Crippen molar-refractivity contribution in [1.82, 2.24) is 20.1 Å². The molecule has 3 aromatic rings. The molecule has 11 heteroatoms. The van der Waals surface area contributed by atoms with Crippen LogP contribution in [0, 0.1) is 10.1 Å². The molecule has 166 valence electrons. The number of amides is 1. The van der Waals surface area contributed by atoms with Gasteiger partial charge in [-0.25, -0.2) is 4.98 Å². The van der Waals surface area contributed by atoms with Gasteiger partial charge < -0.3 is 19.9 Å². The first-order valence-corrected chi connectivity index (χ1v) is 10.0. The Hall–Kier alpha value is -3.99. The number of nitrogens with zero attached hydrogens (tertiary/aromatic N) is 5. The van der Waals surface area contributed by atoms with Crippen LogP contribution in [0.5, 0.6) is 5.75 Å². The summed E-state index contributed by atoms with van der Waals surface area (Å²) >= 11 is 0. The fourth-order valence-corrected chi connectivity index (χ4v) is 3.62. The molecule has 1 aliphatic rings. The largest absolute Gasteiger partial charge is 0.495 e. The van der Waals surface area contributed by atoms with Crippen LogP contribution >= 0.6 is 0 Å². The van der Waals surface area contributed by atoms with Crippen LogP contribution in [0.4, 0.5) is 17.1 Å². The fourth-order valence-electron chi connectivity index (χ4n) is 3.62. The number of ether oxygens (including phenoxy) is 1. The van der Waals surface area contributed by atoms with Gasteiger partial charge in [0.1, 0.15) is 12.1 Å². The molecule has 1 amide bonds. The summed E-state index contributed by atoms with van der Waals surface area (Å²) in [4.78, 5) is 32.3. The number of H-pyrrole nitrogens is 1. The zero-order valence-corrected chi connectivity index (χ0v) is 17.7. The van der Waals surface area contributed by atoms with E-state index < -0.39 is 10.8 Å². The molecular formula is C21H23N7O4. The number of rotatable bonds is 6. The number of likely N-dealkylation sites (N-methyl/N-ethyl adjacent to an activating group) is 1. The molecule has 0 aliphatic carbocycles. The Morgan fingerprint density at radius 1 is 1.19 bits per heavy atom. The van der Waals surface area contributed by atoms with Crippen molar-refractivity contribution in [1.29, 1.82) is 0 Å². The number of carbonyl (C=O) groups excluding carboxylic acids is 1. The third kappa shape index (κ3) is 4.37. The van der Waals surface area contributed by atoms with E-state index in [-0.39, 0.29) is 22.6 Å². The van der Waals surface area contributed by atoms with E-state index >= 15 is 0 Å². The van der Waals surface area contributed by atoms with E-state index in [2.05, 4.69) is 37.3 Å². The van der Waals surface area contributed by atoms with Crippen molar-refractivity contribution in [2.24, 2.45) is 0 Å². The first-order valence-electron chi connectivity index (χ1n) is 10.0. The molecule has 0 unspecified atom stereocenters. The lowest BCUT2D eigenvalue weighted by molar-refractivity contribution is -0.384. The number of hydrogen-bond acceptors (Lipinski definition) is 8. The van der Waals surface area contributed by atoms with Gasteiger partial charge in [-0.05, 0) is 37.4 Å². The fraction of sp³-hybridized carbons (Fsp3) is 0.286. The average molecular weight is 437 g/mol. The summed E-state index contributed by atoms with van der Waals surface area (Å²) in [6.07, 6.45) is 1.33. The van der Waals surface area contributed by atoms with E-state index in [1.807, 2.05) is 6.07 Å². The Balaban J connectivity index is 1.58. The number of anilines is 2. The molecule has 1 aromatic heterocycles. The maximum absolute atomic E-state index is 12.8. The highest BCUT2D eigenvalue weighted by atomic mass is 16.6. The van der Waals surface area contributed by atoms with Crippen molar-refractivity contribution in [3.63, 3.8) is 0 Å². The quantitative estimate of drug-likeness (QED) is 0.444. The first kappa shape index (κ1) is 21.2. The number of nitro benzene ring substituents is 1. The van der Waals surface area contributed by atoms with Crippen molar-refractivity contribution in [3.8, 4) is 17.1 Å². The molecule has 2 aromatic carbocycles. The Kier molecular flexibility index (Phi) is 5.99. The summed E-state index contributed by atoms with van der Waals surface area (Å²) < 4.78 is 5.50. The van der Waals surface area contributed by atoms with Gasteiger partial charge in [0.05, 0.1) is 23.3 Å². The van der Waals surface area contributed by atoms with Gasteiger partial charge in [-0.1, -0.05) is 0 Å². The molecule has 0 bridgehead atoms. The molecule has 1 fully saturated rings. The summed E-state index contributed by atoms with van der Waals surface area (Å²) in [5, 5.41) is 20.8. The standard InChI is InChI=1S/C21H23N7O4/c1-26-7-9-27(10-8-26)18-12-15(4-6-19(18)32-2)24-21(29)14-3-5-16(17(11-14)28(30)31)20-22-13-23-25-20/h3-6,11-13H,7-10H2,1-2H3,(H,24,29)(H,22,23,25). The lowest BCUT2D eigenvalue weighted by Crippen LogP contribution is -2.44. The Morgan fingerprint density at radius 2 is 1.97 bits per heavy atom. The molecule has 2 N–H and O–H groups in total. The van der Waals surface area contributed by atoms with E-state index in [9.17, 15) is 14.9 Å². The molecule has 4 rings (SSSR count). The minimum absolute atomic E-state index is 0.160. The molecule has 11 nitrogen and oxygen atoms in total. The van der Waals surface area contributed by atoms with Crippen LogP contribution in [0.25, 0.3) is 11.4 Å². The normalized spacial score (nSPS) is 14.2. The van der Waals surface area contributed by atoms with Gasteiger partial charge in [0.25, 0.3) is 11.6 Å². The second kappa shape index (κ2) is 9.02. The third-order valence-corrected chi connectivity index (χ3v) is 5.39. The second-order valence-corrected chi connectivity index (χ2v) is 7.44. The van der Waals surface area contributed by atoms with Crippen LogP contribution < -0.4 is 15.0 Å². The minimum atomic E-state index is -0.554. The smallest absolute Gasteiger partial charge is 0.281 e. The van der Waals surface area contributed by atoms with Crippen LogP contribution in [-0.2, 0) is 0 Å². The van der Waals surface area contributed by atoms with Gasteiger partial charge in [-0.3, -0.25) is 20.0 Å². The van der Waals surface area contributed by atoms with Crippen LogP contribution in [-0.4, -0.2) is 71.2 Å². The average Bonchev–Trinajstić information content (AvgIpc) is 3.34. The van der Waals surface area contributed by atoms with Crippen molar-refractivity contribution in [2.75, 3.05) is 50.6 Å². The molecule has 0 saturated carbocycles. The lowest BCUT2D eigenvalue weighted by atomic mass is 10.1. The number of benzene rings is 2. The van der Waals surface area contributed by atoms with Crippen molar-refractivity contribution < 1.29 is 14.5 Å². The van der Waals surface area contributed by atoms with E-state index in [4.69, 9.17) is 4.74 Å². The maximum Gasteiger partial charge on any atom is 0.281 e. The number of nitrogens with one attached hydrogen (secondary N) is 2. The predicted molar refractivity (Wildman–Crippen MR) is 119 cm³/mol. The van der Waals surface area contributed by atoms with Gasteiger partial charge in [0, 0.05) is 43.5 Å². The SMILES string of the molecule is COc1ccc(NC(=O)c2ccc(-c3nc[nH]n3)c([N+](=O)[O-])c2)cc1N1CCN(C)CC1. The molecule has 2 heterocycles. The topological polar surface area (TPSA) is 130 Å². The van der Waals surface area contributed by atoms with Crippen LogP contribution in [0.3, 0.4) is 0 Å². The summed E-state index contributed by atoms with van der Waals surface area (Å²) in [7, 11) is 3.69. The maximum atomic E-state index is 12.8. The van der Waals surface area contributed by atoms with Crippen LogP contribution in [0.1, 0.15) is 10.4 Å². The Morgan fingerprint density at radius 3 is 2.62 bits per heavy atom. The number of aromatic nitrogens is 3. The number of aromatic amines is 1. The van der Waals surface area contributed by atoms with Gasteiger partial charge in [0.15, 0.2) is 5.82 Å². The Bertz CT molecular complexity index is 1130. The third-order valence-electron chi connectivity index (χ3n) is 5.39. The molecular weight excluding hydrogens is 414 g/mol. The Labute approximate surface area is 184 Å². The summed E-state index contributed by atoms with van der Waals surface area (Å²) in [5.41, 5.74) is 1.61. The number of carbonyl (C=O) groups is 1. The zero-order chi connectivity index (χ0) is 22.7. The first-order chi connectivity index (χ1) is 15.5. The van der Waals surface area contributed by atoms with Crippen molar-refractivity contribution in [3.05, 3.63) is 58.4 Å². The zero-order valence-electron chi connectivity index (χ0n) is 17.7. The lowest BCUT2D eigenvalue weighted by Gasteiger charge is -2.34. The minimum Gasteiger partial charge on any atom is -0.495 e. The number of piperazine rings is 1. The van der Waals surface area contributed by atoms with Gasteiger partial charge in [-0.15, -0.1) is 0 Å². The van der Waals surface area contributed by atoms with Gasteiger partial charge in [0.2, 0.25) is 0 Å². The highest BCUT2D eigenvalue weighted by molar-refractivity contribution is 6.05. The molecule has 0 spiro atoms. The highest BCUT2D eigenvalue weighted by Gasteiger charge is 2.22. The van der Waals surface area contributed by atoms with Crippen LogP contribution in [0.2, 0.25) is 0 Å². The molecule has 0 atom stereocenters. The highest BCUT2D eigenvalue weighted by Crippen LogP contribution is 2.33. The van der Waals surface area contributed by atoms with Crippen molar-refractivity contribution in [2.45, 2.75) is 0 Å². The molecule has 1 aliphatic heterocycles. The second-order valence-electron chi connectivity index (χ2n) is 7.44. The molecule has 1 saturated heterocycles. The molecule has 32 heavy (non-hydrogen) atoms. The summed E-state index contributed by atoms with van der Waals surface area (Å²) in [6.45, 7) is 3.56. The van der Waals surface area contributed by atoms with E-state index in [1.54, 1.807) is 19.2 Å². The number of nitro groups is 1. The summed E-state index contributed by atoms with van der Waals surface area (Å²) in [6, 6.07) is 9.62. The van der Waals surface area contributed by atoms with Crippen LogP contribution in [0.15, 0.2) is 42.7 Å². The van der Waals surface area contributed by atoms with Gasteiger partial charge >= 0.3 is 0 Å². The van der Waals surface area contributed by atoms with E-state index in [0.29, 0.717) is 5.69 Å². The summed E-state index contributed by atoms with van der Waals surface area (Å²) in [5.74, 6) is 0.457. The number of methoxy groups -OCH3 is 1. The van der Waals surface area contributed by atoms with Crippen molar-refractivity contribution >= 4 is 23.0 Å². The van der Waals surface area contributed by atoms with E-state index in [0.717, 1.165) is 37.6 Å². The van der Waals surface area contributed by atoms with E-state index in [1.165, 1.54) is 24.5 Å². The predicted octanol–water partition coefficient (Wildman–Crippen LogP) is 2.39. The molecule has 0 radical (unpaired) electrons. The number of hydrogen-bond donors (Lipinski definition) is 2. The monoisotopic (exact) mass is 437 g/mol.